The minimum Gasteiger partial charge on any atom is -0.497 e. The number of rotatable bonds is 3. The number of methoxy groups -OCH3 is 1. The second kappa shape index (κ2) is 7.23. The van der Waals surface area contributed by atoms with E-state index in [1.807, 2.05) is 42.5 Å². The SMILES string of the molecule is COc1ccc2c(c1)C(c1ccccc1)N(C(=O)c1ccccc1F)CC2. The molecule has 1 aliphatic heterocycles. The van der Waals surface area contributed by atoms with Gasteiger partial charge in [0.1, 0.15) is 11.6 Å². The van der Waals surface area contributed by atoms with Crippen LogP contribution in [0.15, 0.2) is 72.8 Å². The molecule has 3 aromatic carbocycles. The van der Waals surface area contributed by atoms with Crippen molar-refractivity contribution in [2.75, 3.05) is 13.7 Å². The monoisotopic (exact) mass is 361 g/mol. The van der Waals surface area contributed by atoms with Gasteiger partial charge >= 0.3 is 0 Å². The summed E-state index contributed by atoms with van der Waals surface area (Å²) < 4.78 is 19.7. The first-order valence-corrected chi connectivity index (χ1v) is 8.96. The summed E-state index contributed by atoms with van der Waals surface area (Å²) in [6, 6.07) is 21.7. The van der Waals surface area contributed by atoms with Crippen LogP contribution in [-0.2, 0) is 6.42 Å². The third-order valence-electron chi connectivity index (χ3n) is 5.06. The Morgan fingerprint density at radius 2 is 1.78 bits per heavy atom. The van der Waals surface area contributed by atoms with Gasteiger partial charge in [0.05, 0.1) is 18.7 Å². The molecule has 3 aromatic rings. The first-order chi connectivity index (χ1) is 13.2. The van der Waals surface area contributed by atoms with E-state index in [0.717, 1.165) is 23.3 Å². The van der Waals surface area contributed by atoms with Crippen molar-refractivity contribution in [3.8, 4) is 5.75 Å². The molecule has 0 fully saturated rings. The lowest BCUT2D eigenvalue weighted by Crippen LogP contribution is -2.41. The minimum absolute atomic E-state index is 0.102. The molecule has 1 atom stereocenters. The van der Waals surface area contributed by atoms with E-state index in [2.05, 4.69) is 6.07 Å². The summed E-state index contributed by atoms with van der Waals surface area (Å²) in [6.45, 7) is 0.534. The quantitative estimate of drug-likeness (QED) is 0.681. The fourth-order valence-corrected chi connectivity index (χ4v) is 3.72. The minimum atomic E-state index is -0.495. The van der Waals surface area contributed by atoms with Gasteiger partial charge < -0.3 is 9.64 Å². The molecule has 27 heavy (non-hydrogen) atoms. The number of benzene rings is 3. The van der Waals surface area contributed by atoms with Gasteiger partial charge in [0.15, 0.2) is 0 Å². The van der Waals surface area contributed by atoms with Crippen molar-refractivity contribution in [1.82, 2.24) is 4.90 Å². The van der Waals surface area contributed by atoms with Crippen LogP contribution in [-0.4, -0.2) is 24.5 Å². The average molecular weight is 361 g/mol. The van der Waals surface area contributed by atoms with Gasteiger partial charge in [-0.25, -0.2) is 4.39 Å². The Kier molecular flexibility index (Phi) is 4.63. The molecular formula is C23H20FNO2. The second-order valence-corrected chi connectivity index (χ2v) is 6.61. The van der Waals surface area contributed by atoms with Crippen LogP contribution >= 0.6 is 0 Å². The van der Waals surface area contributed by atoms with E-state index in [-0.39, 0.29) is 17.5 Å². The van der Waals surface area contributed by atoms with Crippen molar-refractivity contribution >= 4 is 5.91 Å². The van der Waals surface area contributed by atoms with Gasteiger partial charge in [-0.1, -0.05) is 48.5 Å². The molecule has 0 radical (unpaired) electrons. The molecule has 1 aliphatic rings. The van der Waals surface area contributed by atoms with Crippen LogP contribution in [0.5, 0.6) is 5.75 Å². The van der Waals surface area contributed by atoms with Crippen LogP contribution in [0.3, 0.4) is 0 Å². The van der Waals surface area contributed by atoms with Crippen LogP contribution in [0.2, 0.25) is 0 Å². The van der Waals surface area contributed by atoms with Gasteiger partial charge in [0, 0.05) is 6.54 Å². The maximum atomic E-state index is 14.3. The third-order valence-corrected chi connectivity index (χ3v) is 5.06. The van der Waals surface area contributed by atoms with E-state index < -0.39 is 5.82 Å². The first-order valence-electron chi connectivity index (χ1n) is 8.96. The molecule has 0 spiro atoms. The molecule has 4 heteroatoms. The highest BCUT2D eigenvalue weighted by Gasteiger charge is 2.33. The van der Waals surface area contributed by atoms with Crippen LogP contribution in [0.1, 0.15) is 33.1 Å². The standard InChI is InChI=1S/C23H20FNO2/c1-27-18-12-11-16-13-14-25(23(26)19-9-5-6-10-21(19)24)22(20(16)15-18)17-7-3-2-4-8-17/h2-12,15,22H,13-14H2,1H3. The highest BCUT2D eigenvalue weighted by molar-refractivity contribution is 5.95. The number of halogens is 1. The zero-order valence-electron chi connectivity index (χ0n) is 15.1. The molecule has 4 rings (SSSR count). The van der Waals surface area contributed by atoms with Crippen molar-refractivity contribution in [2.45, 2.75) is 12.5 Å². The smallest absolute Gasteiger partial charge is 0.257 e. The van der Waals surface area contributed by atoms with Crippen LogP contribution in [0, 0.1) is 5.82 Å². The molecule has 136 valence electrons. The van der Waals surface area contributed by atoms with E-state index >= 15 is 0 Å². The molecule has 0 saturated heterocycles. The van der Waals surface area contributed by atoms with Gasteiger partial charge in [-0.3, -0.25) is 4.79 Å². The average Bonchev–Trinajstić information content (AvgIpc) is 2.73. The van der Waals surface area contributed by atoms with Crippen LogP contribution < -0.4 is 4.74 Å². The third kappa shape index (κ3) is 3.19. The normalized spacial score (nSPS) is 15.9. The van der Waals surface area contributed by atoms with E-state index in [0.29, 0.717) is 6.54 Å². The fourth-order valence-electron chi connectivity index (χ4n) is 3.72. The Morgan fingerprint density at radius 3 is 2.52 bits per heavy atom. The van der Waals surface area contributed by atoms with E-state index in [4.69, 9.17) is 4.74 Å². The summed E-state index contributed by atoms with van der Waals surface area (Å²) in [5, 5.41) is 0. The van der Waals surface area contributed by atoms with Gasteiger partial charge in [0.2, 0.25) is 0 Å². The molecule has 0 aliphatic carbocycles. The summed E-state index contributed by atoms with van der Waals surface area (Å²) in [5.41, 5.74) is 3.31. The predicted molar refractivity (Wildman–Crippen MR) is 102 cm³/mol. The lowest BCUT2D eigenvalue weighted by atomic mass is 9.87. The number of nitrogens with zero attached hydrogens (tertiary/aromatic N) is 1. The van der Waals surface area contributed by atoms with Crippen molar-refractivity contribution in [3.05, 3.63) is 101 Å². The number of carbonyl (C=O) groups excluding carboxylic acids is 1. The maximum Gasteiger partial charge on any atom is 0.257 e. The summed E-state index contributed by atoms with van der Waals surface area (Å²) in [7, 11) is 1.63. The molecule has 1 heterocycles. The van der Waals surface area contributed by atoms with Crippen molar-refractivity contribution < 1.29 is 13.9 Å². The Labute approximate surface area is 158 Å². The number of fused-ring (bicyclic) bond motifs is 1. The Bertz CT molecular complexity index is 971. The van der Waals surface area contributed by atoms with Crippen LogP contribution in [0.25, 0.3) is 0 Å². The number of ether oxygens (including phenoxy) is 1. The number of carbonyl (C=O) groups is 1. The molecule has 1 unspecified atom stereocenters. The molecule has 3 nitrogen and oxygen atoms in total. The van der Waals surface area contributed by atoms with E-state index in [1.165, 1.54) is 11.6 Å². The molecule has 0 aromatic heterocycles. The Balaban J connectivity index is 1.84. The molecular weight excluding hydrogens is 341 g/mol. The number of amides is 1. The van der Waals surface area contributed by atoms with Crippen molar-refractivity contribution in [3.63, 3.8) is 0 Å². The summed E-state index contributed by atoms with van der Waals surface area (Å²) in [6.07, 6.45) is 0.725. The Morgan fingerprint density at radius 1 is 1.04 bits per heavy atom. The predicted octanol–water partition coefficient (Wildman–Crippen LogP) is 4.62. The summed E-state index contributed by atoms with van der Waals surface area (Å²) >= 11 is 0. The lowest BCUT2D eigenvalue weighted by molar-refractivity contribution is 0.0689. The molecule has 0 N–H and O–H groups in total. The maximum absolute atomic E-state index is 14.3. The zero-order valence-corrected chi connectivity index (χ0v) is 15.1. The topological polar surface area (TPSA) is 29.5 Å². The van der Waals surface area contributed by atoms with Gasteiger partial charge in [-0.15, -0.1) is 0 Å². The number of hydrogen-bond acceptors (Lipinski definition) is 2. The van der Waals surface area contributed by atoms with E-state index in [9.17, 15) is 9.18 Å². The summed E-state index contributed by atoms with van der Waals surface area (Å²) in [4.78, 5) is 15.0. The van der Waals surface area contributed by atoms with Crippen molar-refractivity contribution in [1.29, 1.82) is 0 Å². The lowest BCUT2D eigenvalue weighted by Gasteiger charge is -2.38. The Hall–Kier alpha value is -3.14. The highest BCUT2D eigenvalue weighted by Crippen LogP contribution is 2.38. The van der Waals surface area contributed by atoms with Gasteiger partial charge in [0.25, 0.3) is 5.91 Å². The van der Waals surface area contributed by atoms with Gasteiger partial charge in [-0.2, -0.15) is 0 Å². The van der Waals surface area contributed by atoms with Crippen molar-refractivity contribution in [2.24, 2.45) is 0 Å². The molecule has 1 amide bonds. The first kappa shape index (κ1) is 17.3. The highest BCUT2D eigenvalue weighted by atomic mass is 19.1. The summed E-state index contributed by atoms with van der Waals surface area (Å²) in [5.74, 6) is -0.0453. The molecule has 0 saturated carbocycles. The van der Waals surface area contributed by atoms with Gasteiger partial charge in [-0.05, 0) is 47.4 Å². The fraction of sp³-hybridized carbons (Fsp3) is 0.174. The molecule has 0 bridgehead atoms. The number of hydrogen-bond donors (Lipinski definition) is 0. The largest absolute Gasteiger partial charge is 0.497 e. The second-order valence-electron chi connectivity index (χ2n) is 6.61. The van der Waals surface area contributed by atoms with Crippen LogP contribution in [0.4, 0.5) is 4.39 Å². The zero-order chi connectivity index (χ0) is 18.8. The van der Waals surface area contributed by atoms with E-state index in [1.54, 1.807) is 30.2 Å².